The molecule has 0 spiro atoms. The smallest absolute Gasteiger partial charge is 0.231 e. The van der Waals surface area contributed by atoms with Crippen molar-refractivity contribution in [3.63, 3.8) is 0 Å². The number of benzene rings is 1. The normalized spacial score (nSPS) is 13.1. The van der Waals surface area contributed by atoms with E-state index in [1.807, 2.05) is 0 Å². The van der Waals surface area contributed by atoms with E-state index in [9.17, 15) is 13.6 Å². The van der Waals surface area contributed by atoms with Gasteiger partial charge in [-0.3, -0.25) is 4.79 Å². The standard InChI is InChI=1S/C12H15F2N3O2/c1-2-9(11(15)17-19)12(18)16-6-7-5-8(13)3-4-10(7)14/h3-5,9,19H,2,6H2,1H3,(H2,15,17)(H,16,18). The molecule has 1 atom stereocenters. The number of carbonyl (C=O) groups excluding carboxylic acids is 1. The summed E-state index contributed by atoms with van der Waals surface area (Å²) in [5.74, 6) is -2.74. The zero-order valence-corrected chi connectivity index (χ0v) is 10.4. The highest BCUT2D eigenvalue weighted by atomic mass is 19.1. The van der Waals surface area contributed by atoms with Crippen molar-refractivity contribution in [1.82, 2.24) is 5.32 Å². The molecule has 0 heterocycles. The lowest BCUT2D eigenvalue weighted by Crippen LogP contribution is -2.38. The molecule has 104 valence electrons. The minimum atomic E-state index is -0.804. The summed E-state index contributed by atoms with van der Waals surface area (Å²) in [6.45, 7) is 1.52. The summed E-state index contributed by atoms with van der Waals surface area (Å²) in [5, 5.41) is 13.7. The van der Waals surface area contributed by atoms with Crippen molar-refractivity contribution in [3.05, 3.63) is 35.4 Å². The first-order chi connectivity index (χ1) is 8.99. The van der Waals surface area contributed by atoms with Crippen LogP contribution in [0.2, 0.25) is 0 Å². The number of halogens is 2. The van der Waals surface area contributed by atoms with Gasteiger partial charge in [0.2, 0.25) is 5.91 Å². The second kappa shape index (κ2) is 6.67. The molecule has 1 amide bonds. The Kier molecular flexibility index (Phi) is 5.23. The molecule has 19 heavy (non-hydrogen) atoms. The Morgan fingerprint density at radius 1 is 1.53 bits per heavy atom. The maximum atomic E-state index is 13.3. The van der Waals surface area contributed by atoms with E-state index in [1.165, 1.54) is 0 Å². The molecule has 0 bridgehead atoms. The number of nitrogens with two attached hydrogens (primary N) is 1. The average Bonchev–Trinajstić information content (AvgIpc) is 2.40. The molecule has 4 N–H and O–H groups in total. The van der Waals surface area contributed by atoms with Crippen molar-refractivity contribution in [1.29, 1.82) is 0 Å². The number of amides is 1. The SMILES string of the molecule is CCC(C(=O)NCc1cc(F)ccc1F)C(N)=NO. The van der Waals surface area contributed by atoms with Crippen LogP contribution in [0.5, 0.6) is 0 Å². The summed E-state index contributed by atoms with van der Waals surface area (Å²) in [5.41, 5.74) is 5.39. The summed E-state index contributed by atoms with van der Waals surface area (Å²) < 4.78 is 26.2. The van der Waals surface area contributed by atoms with E-state index < -0.39 is 23.5 Å². The first-order valence-corrected chi connectivity index (χ1v) is 5.68. The van der Waals surface area contributed by atoms with Crippen molar-refractivity contribution in [3.8, 4) is 0 Å². The number of oxime groups is 1. The van der Waals surface area contributed by atoms with Crippen molar-refractivity contribution < 1.29 is 18.8 Å². The van der Waals surface area contributed by atoms with E-state index >= 15 is 0 Å². The van der Waals surface area contributed by atoms with Crippen LogP contribution in [-0.4, -0.2) is 17.0 Å². The predicted octanol–water partition coefficient (Wildman–Crippen LogP) is 1.35. The third-order valence-electron chi connectivity index (χ3n) is 2.66. The Morgan fingerprint density at radius 2 is 2.21 bits per heavy atom. The van der Waals surface area contributed by atoms with E-state index in [-0.39, 0.29) is 17.9 Å². The van der Waals surface area contributed by atoms with Crippen LogP contribution >= 0.6 is 0 Å². The first kappa shape index (κ1) is 14.9. The molecular weight excluding hydrogens is 256 g/mol. The van der Waals surface area contributed by atoms with Gasteiger partial charge in [-0.1, -0.05) is 12.1 Å². The minimum Gasteiger partial charge on any atom is -0.409 e. The number of hydrogen-bond donors (Lipinski definition) is 3. The zero-order valence-electron chi connectivity index (χ0n) is 10.4. The van der Waals surface area contributed by atoms with Crippen LogP contribution in [0.1, 0.15) is 18.9 Å². The average molecular weight is 271 g/mol. The Morgan fingerprint density at radius 3 is 2.79 bits per heavy atom. The lowest BCUT2D eigenvalue weighted by atomic mass is 10.0. The van der Waals surface area contributed by atoms with E-state index in [0.29, 0.717) is 6.42 Å². The number of hydrogen-bond acceptors (Lipinski definition) is 3. The maximum Gasteiger partial charge on any atom is 0.231 e. The number of carbonyl (C=O) groups is 1. The van der Waals surface area contributed by atoms with Crippen molar-refractivity contribution in [2.45, 2.75) is 19.9 Å². The molecule has 1 aromatic carbocycles. The monoisotopic (exact) mass is 271 g/mol. The lowest BCUT2D eigenvalue weighted by Gasteiger charge is -2.13. The molecule has 0 radical (unpaired) electrons. The van der Waals surface area contributed by atoms with E-state index in [2.05, 4.69) is 10.5 Å². The fourth-order valence-corrected chi connectivity index (χ4v) is 1.58. The van der Waals surface area contributed by atoms with Gasteiger partial charge in [-0.2, -0.15) is 0 Å². The van der Waals surface area contributed by atoms with Crippen LogP contribution < -0.4 is 11.1 Å². The highest BCUT2D eigenvalue weighted by Crippen LogP contribution is 2.10. The Hall–Kier alpha value is -2.18. The van der Waals surface area contributed by atoms with Gasteiger partial charge in [0.05, 0.1) is 5.92 Å². The number of rotatable bonds is 5. The first-order valence-electron chi connectivity index (χ1n) is 5.68. The van der Waals surface area contributed by atoms with Gasteiger partial charge in [-0.25, -0.2) is 8.78 Å². The van der Waals surface area contributed by atoms with Gasteiger partial charge in [0, 0.05) is 12.1 Å². The van der Waals surface area contributed by atoms with Gasteiger partial charge >= 0.3 is 0 Å². The largest absolute Gasteiger partial charge is 0.409 e. The second-order valence-corrected chi connectivity index (χ2v) is 3.94. The van der Waals surface area contributed by atoms with Crippen LogP contribution in [0.15, 0.2) is 23.4 Å². The van der Waals surface area contributed by atoms with Crippen molar-refractivity contribution in [2.75, 3.05) is 0 Å². The lowest BCUT2D eigenvalue weighted by molar-refractivity contribution is -0.123. The fraction of sp³-hybridized carbons (Fsp3) is 0.333. The molecular formula is C12H15F2N3O2. The van der Waals surface area contributed by atoms with Crippen LogP contribution in [0.3, 0.4) is 0 Å². The van der Waals surface area contributed by atoms with Gasteiger partial charge in [0.1, 0.15) is 11.6 Å². The Balaban J connectivity index is 2.70. The summed E-state index contributed by atoms with van der Waals surface area (Å²) >= 11 is 0. The van der Waals surface area contributed by atoms with Gasteiger partial charge < -0.3 is 16.3 Å². The molecule has 0 aromatic heterocycles. The fourth-order valence-electron chi connectivity index (χ4n) is 1.58. The van der Waals surface area contributed by atoms with E-state index in [0.717, 1.165) is 18.2 Å². The molecule has 0 aliphatic carbocycles. The Bertz CT molecular complexity index is 492. The zero-order chi connectivity index (χ0) is 14.4. The predicted molar refractivity (Wildman–Crippen MR) is 65.4 cm³/mol. The Labute approximate surface area is 109 Å². The van der Waals surface area contributed by atoms with Crippen LogP contribution in [-0.2, 0) is 11.3 Å². The summed E-state index contributed by atoms with van der Waals surface area (Å²) in [7, 11) is 0. The highest BCUT2D eigenvalue weighted by molar-refractivity contribution is 6.01. The molecule has 0 aliphatic rings. The molecule has 0 aliphatic heterocycles. The highest BCUT2D eigenvalue weighted by Gasteiger charge is 2.21. The van der Waals surface area contributed by atoms with Gasteiger partial charge in [-0.05, 0) is 24.6 Å². The topological polar surface area (TPSA) is 87.7 Å². The molecule has 5 nitrogen and oxygen atoms in total. The van der Waals surface area contributed by atoms with Gasteiger partial charge in [0.15, 0.2) is 5.84 Å². The van der Waals surface area contributed by atoms with E-state index in [1.54, 1.807) is 6.92 Å². The van der Waals surface area contributed by atoms with Gasteiger partial charge in [0.25, 0.3) is 0 Å². The molecule has 0 saturated heterocycles. The molecule has 1 rings (SSSR count). The summed E-state index contributed by atoms with van der Waals surface area (Å²) in [4.78, 5) is 11.7. The number of nitrogens with one attached hydrogen (secondary N) is 1. The molecule has 1 aromatic rings. The number of amidine groups is 1. The van der Waals surface area contributed by atoms with Crippen LogP contribution in [0, 0.1) is 17.6 Å². The quantitative estimate of drug-likeness (QED) is 0.327. The molecule has 0 fully saturated rings. The summed E-state index contributed by atoms with van der Waals surface area (Å²) in [6.07, 6.45) is 0.327. The third-order valence-corrected chi connectivity index (χ3v) is 2.66. The molecule has 7 heteroatoms. The summed E-state index contributed by atoms with van der Waals surface area (Å²) in [6, 6.07) is 2.98. The van der Waals surface area contributed by atoms with E-state index in [4.69, 9.17) is 10.9 Å². The second-order valence-electron chi connectivity index (χ2n) is 3.94. The van der Waals surface area contributed by atoms with Crippen molar-refractivity contribution >= 4 is 11.7 Å². The third kappa shape index (κ3) is 3.90. The van der Waals surface area contributed by atoms with Crippen LogP contribution in [0.25, 0.3) is 0 Å². The molecule has 1 unspecified atom stereocenters. The van der Waals surface area contributed by atoms with Crippen LogP contribution in [0.4, 0.5) is 8.78 Å². The maximum absolute atomic E-state index is 13.3. The molecule has 0 saturated carbocycles. The van der Waals surface area contributed by atoms with Crippen molar-refractivity contribution in [2.24, 2.45) is 16.8 Å². The number of nitrogens with zero attached hydrogens (tertiary/aromatic N) is 1. The van der Waals surface area contributed by atoms with Gasteiger partial charge in [-0.15, -0.1) is 0 Å². The minimum absolute atomic E-state index is 0.0303.